The Balaban J connectivity index is 1.99. The lowest BCUT2D eigenvalue weighted by atomic mass is 10.1. The summed E-state index contributed by atoms with van der Waals surface area (Å²) in [5.74, 6) is -0.336. The van der Waals surface area contributed by atoms with Gasteiger partial charge in [-0.2, -0.15) is 0 Å². The number of hydrogen-bond donors (Lipinski definition) is 1. The number of nitrogens with zero attached hydrogens (tertiary/aromatic N) is 2. The van der Waals surface area contributed by atoms with Crippen LogP contribution in [-0.4, -0.2) is 11.4 Å². The van der Waals surface area contributed by atoms with E-state index in [4.69, 9.17) is 0 Å². The maximum Gasteiger partial charge on any atom is 0.147 e. The standard InChI is InChI=1S/C14H11FN2O/c15-12-6-5-11(18)7-14(12)17-8-10-3-1-2-4-13(10)16-9-17/h1-7,9,18H,8H2. The van der Waals surface area contributed by atoms with Gasteiger partial charge in [-0.3, -0.25) is 0 Å². The van der Waals surface area contributed by atoms with Crippen molar-refractivity contribution in [2.75, 3.05) is 4.90 Å². The molecule has 0 amide bonds. The average molecular weight is 242 g/mol. The summed E-state index contributed by atoms with van der Waals surface area (Å²) in [5.41, 5.74) is 2.25. The number of halogens is 1. The molecule has 0 unspecified atom stereocenters. The van der Waals surface area contributed by atoms with Crippen LogP contribution < -0.4 is 4.90 Å². The molecule has 2 aromatic carbocycles. The molecule has 0 aliphatic carbocycles. The summed E-state index contributed by atoms with van der Waals surface area (Å²) in [6.45, 7) is 0.542. The van der Waals surface area contributed by atoms with Crippen molar-refractivity contribution in [1.82, 2.24) is 0 Å². The Morgan fingerprint density at radius 1 is 1.17 bits per heavy atom. The van der Waals surface area contributed by atoms with E-state index in [1.165, 1.54) is 18.2 Å². The zero-order valence-corrected chi connectivity index (χ0v) is 9.55. The summed E-state index contributed by atoms with van der Waals surface area (Å²) in [4.78, 5) is 5.95. The van der Waals surface area contributed by atoms with E-state index in [9.17, 15) is 9.50 Å². The quantitative estimate of drug-likeness (QED) is 0.833. The van der Waals surface area contributed by atoms with Gasteiger partial charge in [-0.25, -0.2) is 9.38 Å². The summed E-state index contributed by atoms with van der Waals surface area (Å²) < 4.78 is 13.7. The van der Waals surface area contributed by atoms with Crippen molar-refractivity contribution in [3.05, 3.63) is 53.8 Å². The first-order chi connectivity index (χ1) is 8.74. The van der Waals surface area contributed by atoms with Gasteiger partial charge >= 0.3 is 0 Å². The Labute approximate surface area is 104 Å². The highest BCUT2D eigenvalue weighted by molar-refractivity contribution is 5.84. The van der Waals surface area contributed by atoms with Crippen molar-refractivity contribution in [3.63, 3.8) is 0 Å². The lowest BCUT2D eigenvalue weighted by molar-refractivity contribution is 0.473. The zero-order valence-electron chi connectivity index (χ0n) is 9.55. The third-order valence-corrected chi connectivity index (χ3v) is 2.91. The van der Waals surface area contributed by atoms with E-state index in [0.717, 1.165) is 11.3 Å². The molecule has 0 atom stereocenters. The van der Waals surface area contributed by atoms with Crippen molar-refractivity contribution in [2.24, 2.45) is 4.99 Å². The number of benzene rings is 2. The first-order valence-electron chi connectivity index (χ1n) is 5.61. The molecule has 0 radical (unpaired) electrons. The van der Waals surface area contributed by atoms with Crippen molar-refractivity contribution >= 4 is 17.7 Å². The van der Waals surface area contributed by atoms with Gasteiger partial charge in [0.2, 0.25) is 0 Å². The van der Waals surface area contributed by atoms with Gasteiger partial charge in [-0.15, -0.1) is 0 Å². The second kappa shape index (κ2) is 4.14. The molecule has 4 heteroatoms. The Kier molecular flexibility index (Phi) is 2.48. The summed E-state index contributed by atoms with van der Waals surface area (Å²) in [7, 11) is 0. The molecule has 3 rings (SSSR count). The maximum absolute atomic E-state index is 13.7. The zero-order chi connectivity index (χ0) is 12.5. The molecular weight excluding hydrogens is 231 g/mol. The van der Waals surface area contributed by atoms with Crippen molar-refractivity contribution < 1.29 is 9.50 Å². The second-order valence-electron chi connectivity index (χ2n) is 4.14. The normalized spacial score (nSPS) is 13.5. The van der Waals surface area contributed by atoms with E-state index in [1.54, 1.807) is 11.2 Å². The monoisotopic (exact) mass is 242 g/mol. The summed E-state index contributed by atoms with van der Waals surface area (Å²) in [5, 5.41) is 9.43. The molecule has 0 saturated carbocycles. The number of anilines is 1. The van der Waals surface area contributed by atoms with Gasteiger partial charge in [0, 0.05) is 6.07 Å². The minimum atomic E-state index is -0.376. The number of hydrogen-bond acceptors (Lipinski definition) is 3. The van der Waals surface area contributed by atoms with Gasteiger partial charge in [0.25, 0.3) is 0 Å². The van der Waals surface area contributed by atoms with Crippen LogP contribution in [0.2, 0.25) is 0 Å². The number of aromatic hydroxyl groups is 1. The third kappa shape index (κ3) is 1.82. The van der Waals surface area contributed by atoms with Crippen LogP contribution in [0.1, 0.15) is 5.56 Å². The highest BCUT2D eigenvalue weighted by Crippen LogP contribution is 2.30. The number of phenolic OH excluding ortho intramolecular Hbond substituents is 1. The van der Waals surface area contributed by atoms with Gasteiger partial charge < -0.3 is 10.0 Å². The highest BCUT2D eigenvalue weighted by atomic mass is 19.1. The van der Waals surface area contributed by atoms with Gasteiger partial charge in [0.05, 0.1) is 24.3 Å². The van der Waals surface area contributed by atoms with E-state index in [0.29, 0.717) is 12.2 Å². The largest absolute Gasteiger partial charge is 0.508 e. The molecule has 1 aliphatic heterocycles. The first-order valence-corrected chi connectivity index (χ1v) is 5.61. The van der Waals surface area contributed by atoms with Crippen LogP contribution >= 0.6 is 0 Å². The predicted molar refractivity (Wildman–Crippen MR) is 68.8 cm³/mol. The maximum atomic E-state index is 13.7. The first kappa shape index (κ1) is 10.8. The highest BCUT2D eigenvalue weighted by Gasteiger charge is 2.16. The van der Waals surface area contributed by atoms with Crippen LogP contribution in [0.5, 0.6) is 5.75 Å². The van der Waals surface area contributed by atoms with Crippen molar-refractivity contribution in [1.29, 1.82) is 0 Å². The van der Waals surface area contributed by atoms with E-state index in [-0.39, 0.29) is 11.6 Å². The topological polar surface area (TPSA) is 35.8 Å². The Hall–Kier alpha value is -2.36. The molecule has 0 fully saturated rings. The third-order valence-electron chi connectivity index (χ3n) is 2.91. The van der Waals surface area contributed by atoms with E-state index >= 15 is 0 Å². The molecule has 1 N–H and O–H groups in total. The Morgan fingerprint density at radius 2 is 2.00 bits per heavy atom. The summed E-state index contributed by atoms with van der Waals surface area (Å²) >= 11 is 0. The SMILES string of the molecule is Oc1ccc(F)c(N2C=Nc3ccccc3C2)c1. The molecule has 0 bridgehead atoms. The van der Waals surface area contributed by atoms with E-state index in [2.05, 4.69) is 4.99 Å². The Morgan fingerprint density at radius 3 is 2.89 bits per heavy atom. The van der Waals surface area contributed by atoms with Gasteiger partial charge in [-0.1, -0.05) is 18.2 Å². The predicted octanol–water partition coefficient (Wildman–Crippen LogP) is 3.21. The molecule has 90 valence electrons. The number of rotatable bonds is 1. The molecular formula is C14H11FN2O. The fourth-order valence-corrected chi connectivity index (χ4v) is 2.00. The van der Waals surface area contributed by atoms with Gasteiger partial charge in [0.1, 0.15) is 11.6 Å². The van der Waals surface area contributed by atoms with Crippen LogP contribution in [0.4, 0.5) is 15.8 Å². The van der Waals surface area contributed by atoms with Crippen LogP contribution in [0.3, 0.4) is 0 Å². The van der Waals surface area contributed by atoms with Crippen LogP contribution in [-0.2, 0) is 6.54 Å². The Bertz CT molecular complexity index is 625. The number of phenols is 1. The second-order valence-corrected chi connectivity index (χ2v) is 4.14. The van der Waals surface area contributed by atoms with Gasteiger partial charge in [-0.05, 0) is 23.8 Å². The number of fused-ring (bicyclic) bond motifs is 1. The van der Waals surface area contributed by atoms with Crippen LogP contribution in [0, 0.1) is 5.82 Å². The molecule has 0 aromatic heterocycles. The van der Waals surface area contributed by atoms with Crippen LogP contribution in [0.15, 0.2) is 47.5 Å². The minimum Gasteiger partial charge on any atom is -0.508 e. The fourth-order valence-electron chi connectivity index (χ4n) is 2.00. The molecule has 3 nitrogen and oxygen atoms in total. The fraction of sp³-hybridized carbons (Fsp3) is 0.0714. The molecule has 1 aliphatic rings. The lowest BCUT2D eigenvalue weighted by Gasteiger charge is -2.24. The lowest BCUT2D eigenvalue weighted by Crippen LogP contribution is -2.24. The summed E-state index contributed by atoms with van der Waals surface area (Å²) in [6, 6.07) is 11.7. The van der Waals surface area contributed by atoms with Crippen molar-refractivity contribution in [3.8, 4) is 5.75 Å². The molecule has 2 aromatic rings. The van der Waals surface area contributed by atoms with Crippen molar-refractivity contribution in [2.45, 2.75) is 6.54 Å². The summed E-state index contributed by atoms with van der Waals surface area (Å²) in [6.07, 6.45) is 1.58. The van der Waals surface area contributed by atoms with Gasteiger partial charge in [0.15, 0.2) is 0 Å². The smallest absolute Gasteiger partial charge is 0.147 e. The van der Waals surface area contributed by atoms with E-state index < -0.39 is 0 Å². The molecule has 1 heterocycles. The molecule has 18 heavy (non-hydrogen) atoms. The number of para-hydroxylation sites is 1. The molecule has 0 spiro atoms. The average Bonchev–Trinajstić information content (AvgIpc) is 2.41. The van der Waals surface area contributed by atoms with E-state index in [1.807, 2.05) is 24.3 Å². The number of aliphatic imine (C=N–C) groups is 1. The molecule has 0 saturated heterocycles. The minimum absolute atomic E-state index is 0.0404. The van der Waals surface area contributed by atoms with Crippen LogP contribution in [0.25, 0.3) is 0 Å².